The van der Waals surface area contributed by atoms with E-state index in [0.29, 0.717) is 12.2 Å². The molecule has 5 heteroatoms. The third-order valence-corrected chi connectivity index (χ3v) is 4.08. The van der Waals surface area contributed by atoms with Crippen LogP contribution in [0.15, 0.2) is 18.2 Å². The highest BCUT2D eigenvalue weighted by atomic mass is 19.4. The Morgan fingerprint density at radius 1 is 1.40 bits per heavy atom. The van der Waals surface area contributed by atoms with Crippen LogP contribution in [0.5, 0.6) is 0 Å². The number of halogens is 3. The fourth-order valence-electron chi connectivity index (χ4n) is 2.95. The van der Waals surface area contributed by atoms with Crippen molar-refractivity contribution in [3.05, 3.63) is 34.9 Å². The van der Waals surface area contributed by atoms with E-state index in [4.69, 9.17) is 10.5 Å². The quantitative estimate of drug-likeness (QED) is 0.917. The van der Waals surface area contributed by atoms with Crippen LogP contribution in [0.1, 0.15) is 42.5 Å². The van der Waals surface area contributed by atoms with Gasteiger partial charge in [0, 0.05) is 18.6 Å². The molecule has 2 nitrogen and oxygen atoms in total. The summed E-state index contributed by atoms with van der Waals surface area (Å²) in [7, 11) is 0. The van der Waals surface area contributed by atoms with Gasteiger partial charge in [0.1, 0.15) is 0 Å². The zero-order valence-electron chi connectivity index (χ0n) is 11.7. The minimum atomic E-state index is -4.31. The first-order valence-corrected chi connectivity index (χ1v) is 6.89. The van der Waals surface area contributed by atoms with Crippen molar-refractivity contribution < 1.29 is 17.9 Å². The molecule has 1 saturated heterocycles. The lowest BCUT2D eigenvalue weighted by Gasteiger charge is -2.25. The van der Waals surface area contributed by atoms with E-state index in [1.807, 2.05) is 6.92 Å². The molecule has 0 amide bonds. The maximum Gasteiger partial charge on any atom is 0.416 e. The molecular formula is C15H20F3NO. The molecule has 0 saturated carbocycles. The minimum absolute atomic E-state index is 0.103. The van der Waals surface area contributed by atoms with Gasteiger partial charge in [-0.15, -0.1) is 0 Å². The molecular weight excluding hydrogens is 267 g/mol. The molecule has 1 heterocycles. The van der Waals surface area contributed by atoms with Crippen LogP contribution in [0.25, 0.3) is 0 Å². The van der Waals surface area contributed by atoms with Crippen molar-refractivity contribution in [1.29, 1.82) is 0 Å². The monoisotopic (exact) mass is 287 g/mol. The van der Waals surface area contributed by atoms with Crippen LogP contribution >= 0.6 is 0 Å². The van der Waals surface area contributed by atoms with Crippen LogP contribution in [0.4, 0.5) is 13.2 Å². The Bertz CT molecular complexity index is 473. The van der Waals surface area contributed by atoms with Crippen LogP contribution in [0.3, 0.4) is 0 Å². The van der Waals surface area contributed by atoms with Gasteiger partial charge in [-0.1, -0.05) is 13.0 Å². The van der Waals surface area contributed by atoms with Crippen LogP contribution in [0.2, 0.25) is 0 Å². The van der Waals surface area contributed by atoms with Crippen molar-refractivity contribution in [2.24, 2.45) is 11.7 Å². The molecule has 1 aliphatic heterocycles. The lowest BCUT2D eigenvalue weighted by atomic mass is 9.85. The first-order chi connectivity index (χ1) is 9.34. The second-order valence-electron chi connectivity index (χ2n) is 5.36. The number of aryl methyl sites for hydroxylation is 1. The summed E-state index contributed by atoms with van der Waals surface area (Å²) in [6.07, 6.45) is -2.47. The predicted molar refractivity (Wildman–Crippen MR) is 71.2 cm³/mol. The fraction of sp³-hybridized carbons (Fsp3) is 0.600. The van der Waals surface area contributed by atoms with Crippen LogP contribution in [-0.4, -0.2) is 12.7 Å². The van der Waals surface area contributed by atoms with Crippen molar-refractivity contribution in [1.82, 2.24) is 0 Å². The molecule has 20 heavy (non-hydrogen) atoms. The zero-order chi connectivity index (χ0) is 14.9. The smallest absolute Gasteiger partial charge is 0.378 e. The van der Waals surface area contributed by atoms with Gasteiger partial charge in [-0.2, -0.15) is 13.2 Å². The molecule has 1 fully saturated rings. The molecule has 0 bridgehead atoms. The van der Waals surface area contributed by atoms with E-state index in [9.17, 15) is 13.2 Å². The number of ether oxygens (including phenoxy) is 1. The topological polar surface area (TPSA) is 35.2 Å². The molecule has 1 aliphatic rings. The highest BCUT2D eigenvalue weighted by molar-refractivity contribution is 5.35. The average molecular weight is 287 g/mol. The van der Waals surface area contributed by atoms with Crippen molar-refractivity contribution in [3.8, 4) is 0 Å². The standard InChI is InChI=1S/C15H20F3NO/c1-3-13-12(6-7-20-13)14(19)11-5-4-10(8-9(11)2)15(16,17)18/h4-5,8,12-14H,3,6-7,19H2,1-2H3. The summed E-state index contributed by atoms with van der Waals surface area (Å²) in [5, 5.41) is 0. The molecule has 0 spiro atoms. The van der Waals surface area contributed by atoms with Gasteiger partial charge in [-0.25, -0.2) is 0 Å². The van der Waals surface area contributed by atoms with Gasteiger partial charge in [0.25, 0.3) is 0 Å². The first kappa shape index (κ1) is 15.3. The third-order valence-electron chi connectivity index (χ3n) is 4.08. The van der Waals surface area contributed by atoms with Gasteiger partial charge in [-0.05, 0) is 43.0 Å². The van der Waals surface area contributed by atoms with E-state index < -0.39 is 11.7 Å². The Morgan fingerprint density at radius 3 is 2.65 bits per heavy atom. The van der Waals surface area contributed by atoms with Crippen molar-refractivity contribution in [2.75, 3.05) is 6.61 Å². The average Bonchev–Trinajstić information content (AvgIpc) is 2.85. The molecule has 2 N–H and O–H groups in total. The molecule has 2 rings (SSSR count). The van der Waals surface area contributed by atoms with E-state index >= 15 is 0 Å². The molecule has 112 valence electrons. The van der Waals surface area contributed by atoms with E-state index in [1.54, 1.807) is 6.92 Å². The second kappa shape index (κ2) is 5.74. The summed E-state index contributed by atoms with van der Waals surface area (Å²) < 4.78 is 43.6. The molecule has 3 atom stereocenters. The van der Waals surface area contributed by atoms with Gasteiger partial charge in [0.2, 0.25) is 0 Å². The van der Waals surface area contributed by atoms with Crippen molar-refractivity contribution >= 4 is 0 Å². The number of hydrogen-bond donors (Lipinski definition) is 1. The number of rotatable bonds is 3. The van der Waals surface area contributed by atoms with Gasteiger partial charge in [0.05, 0.1) is 11.7 Å². The first-order valence-electron chi connectivity index (χ1n) is 6.89. The number of nitrogens with two attached hydrogens (primary N) is 1. The van der Waals surface area contributed by atoms with Crippen LogP contribution in [0, 0.1) is 12.8 Å². The summed E-state index contributed by atoms with van der Waals surface area (Å²) in [6.45, 7) is 4.40. The third kappa shape index (κ3) is 2.99. The molecule has 0 radical (unpaired) electrons. The maximum atomic E-state index is 12.7. The Labute approximate surface area is 117 Å². The normalized spacial score (nSPS) is 24.9. The molecule has 0 aliphatic carbocycles. The van der Waals surface area contributed by atoms with E-state index in [0.717, 1.165) is 24.5 Å². The van der Waals surface area contributed by atoms with Gasteiger partial charge in [0.15, 0.2) is 0 Å². The largest absolute Gasteiger partial charge is 0.416 e. The second-order valence-corrected chi connectivity index (χ2v) is 5.36. The summed E-state index contributed by atoms with van der Waals surface area (Å²) in [5.41, 5.74) is 7.02. The lowest BCUT2D eigenvalue weighted by molar-refractivity contribution is -0.137. The molecule has 1 aromatic carbocycles. The maximum absolute atomic E-state index is 12.7. The summed E-state index contributed by atoms with van der Waals surface area (Å²) in [6, 6.07) is 3.52. The number of alkyl halides is 3. The van der Waals surface area contributed by atoms with Crippen molar-refractivity contribution in [3.63, 3.8) is 0 Å². The Morgan fingerprint density at radius 2 is 2.10 bits per heavy atom. The number of benzene rings is 1. The Hall–Kier alpha value is -1.07. The van der Waals surface area contributed by atoms with Gasteiger partial charge >= 0.3 is 6.18 Å². The summed E-state index contributed by atoms with van der Waals surface area (Å²) in [4.78, 5) is 0. The van der Waals surface area contributed by atoms with Gasteiger partial charge < -0.3 is 10.5 Å². The fourth-order valence-corrected chi connectivity index (χ4v) is 2.95. The van der Waals surface area contributed by atoms with Crippen molar-refractivity contribution in [2.45, 2.75) is 45.0 Å². The van der Waals surface area contributed by atoms with Crippen LogP contribution < -0.4 is 5.73 Å². The van der Waals surface area contributed by atoms with E-state index in [-0.39, 0.29) is 18.1 Å². The lowest BCUT2D eigenvalue weighted by Crippen LogP contribution is -2.28. The highest BCUT2D eigenvalue weighted by Gasteiger charge is 2.34. The van der Waals surface area contributed by atoms with E-state index in [1.165, 1.54) is 12.1 Å². The summed E-state index contributed by atoms with van der Waals surface area (Å²) in [5.74, 6) is 0.176. The Kier molecular flexibility index (Phi) is 4.39. The highest BCUT2D eigenvalue weighted by Crippen LogP contribution is 2.36. The van der Waals surface area contributed by atoms with E-state index in [2.05, 4.69) is 0 Å². The molecule has 3 unspecified atom stereocenters. The number of hydrogen-bond acceptors (Lipinski definition) is 2. The predicted octanol–water partition coefficient (Wildman–Crippen LogP) is 3.83. The van der Waals surface area contributed by atoms with Gasteiger partial charge in [-0.3, -0.25) is 0 Å². The van der Waals surface area contributed by atoms with Crippen LogP contribution in [-0.2, 0) is 10.9 Å². The minimum Gasteiger partial charge on any atom is -0.378 e. The zero-order valence-corrected chi connectivity index (χ0v) is 11.7. The Balaban J connectivity index is 2.24. The SMILES string of the molecule is CCC1OCCC1C(N)c1ccc(C(F)(F)F)cc1C. The molecule has 1 aromatic rings. The summed E-state index contributed by atoms with van der Waals surface area (Å²) >= 11 is 0. The molecule has 0 aromatic heterocycles.